The summed E-state index contributed by atoms with van der Waals surface area (Å²) in [6.45, 7) is 6.70. The third-order valence-corrected chi connectivity index (χ3v) is 5.57. The zero-order chi connectivity index (χ0) is 20.7. The van der Waals surface area contributed by atoms with E-state index in [0.29, 0.717) is 35.3 Å². The lowest BCUT2D eigenvalue weighted by Gasteiger charge is -2.15. The minimum atomic E-state index is -3.63. The van der Waals surface area contributed by atoms with Crippen molar-refractivity contribution in [3.63, 3.8) is 0 Å². The summed E-state index contributed by atoms with van der Waals surface area (Å²) in [4.78, 5) is 0.241. The predicted octanol–water partition coefficient (Wildman–Crippen LogP) is 3.78. The van der Waals surface area contributed by atoms with Gasteiger partial charge in [0.25, 0.3) is 0 Å². The van der Waals surface area contributed by atoms with Crippen molar-refractivity contribution in [1.29, 1.82) is 0 Å². The summed E-state index contributed by atoms with van der Waals surface area (Å²) in [6.07, 6.45) is 0.916. The van der Waals surface area contributed by atoms with E-state index in [4.69, 9.17) is 14.2 Å². The van der Waals surface area contributed by atoms with E-state index in [0.717, 1.165) is 12.0 Å². The molecule has 2 rings (SSSR count). The number of ether oxygens (including phenoxy) is 3. The molecular weight excluding hydrogens is 378 g/mol. The van der Waals surface area contributed by atoms with Gasteiger partial charge in [0.05, 0.1) is 25.7 Å². The number of rotatable bonds is 10. The van der Waals surface area contributed by atoms with Gasteiger partial charge in [0.1, 0.15) is 0 Å². The Balaban J connectivity index is 2.17. The second-order valence-corrected chi connectivity index (χ2v) is 8.60. The molecule has 0 bridgehead atoms. The molecule has 0 unspecified atom stereocenters. The second kappa shape index (κ2) is 9.80. The number of hydrogen-bond acceptors (Lipinski definition) is 5. The van der Waals surface area contributed by atoms with Crippen molar-refractivity contribution in [2.24, 2.45) is 5.92 Å². The Morgan fingerprint density at radius 3 is 2.00 bits per heavy atom. The van der Waals surface area contributed by atoms with Crippen molar-refractivity contribution in [2.45, 2.75) is 38.6 Å². The van der Waals surface area contributed by atoms with Crippen LogP contribution in [0.25, 0.3) is 0 Å². The molecule has 1 N–H and O–H groups in total. The van der Waals surface area contributed by atoms with E-state index in [2.05, 4.69) is 18.6 Å². The lowest BCUT2D eigenvalue weighted by atomic mass is 10.0. The molecule has 0 atom stereocenters. The van der Waals surface area contributed by atoms with E-state index in [1.54, 1.807) is 24.3 Å². The predicted molar refractivity (Wildman–Crippen MR) is 110 cm³/mol. The topological polar surface area (TPSA) is 73.9 Å². The van der Waals surface area contributed by atoms with Crippen LogP contribution >= 0.6 is 0 Å². The molecular formula is C21H29NO5S. The largest absolute Gasteiger partial charge is 0.493 e. The van der Waals surface area contributed by atoms with E-state index in [-0.39, 0.29) is 11.4 Å². The normalized spacial score (nSPS) is 11.5. The summed E-state index contributed by atoms with van der Waals surface area (Å²) < 4.78 is 44.2. The summed E-state index contributed by atoms with van der Waals surface area (Å²) in [5.74, 6) is 2.01. The first-order valence-corrected chi connectivity index (χ1v) is 10.7. The third-order valence-electron chi connectivity index (χ3n) is 4.15. The summed E-state index contributed by atoms with van der Waals surface area (Å²) in [5, 5.41) is 0. The first kappa shape index (κ1) is 22.0. The molecule has 2 aromatic rings. The number of nitrogens with one attached hydrogen (secondary N) is 1. The molecule has 0 saturated carbocycles. The molecule has 0 aliphatic heterocycles. The Morgan fingerprint density at radius 2 is 1.54 bits per heavy atom. The molecule has 0 aromatic heterocycles. The highest BCUT2D eigenvalue weighted by Crippen LogP contribution is 2.38. The van der Waals surface area contributed by atoms with Gasteiger partial charge in [-0.3, -0.25) is 0 Å². The van der Waals surface area contributed by atoms with Gasteiger partial charge in [0.15, 0.2) is 11.5 Å². The lowest BCUT2D eigenvalue weighted by Crippen LogP contribution is -2.23. The van der Waals surface area contributed by atoms with Crippen LogP contribution in [0, 0.1) is 5.92 Å². The van der Waals surface area contributed by atoms with Gasteiger partial charge < -0.3 is 14.2 Å². The van der Waals surface area contributed by atoms with Gasteiger partial charge >= 0.3 is 0 Å². The number of sulfonamides is 1. The Bertz CT molecular complexity index is 851. The molecule has 7 heteroatoms. The monoisotopic (exact) mass is 407 g/mol. The molecule has 0 amide bonds. The number of hydrogen-bond donors (Lipinski definition) is 1. The Hall–Kier alpha value is -2.25. The maximum absolute atomic E-state index is 12.6. The van der Waals surface area contributed by atoms with Crippen molar-refractivity contribution in [2.75, 3.05) is 20.8 Å². The number of methoxy groups -OCH3 is 2. The quantitative estimate of drug-likeness (QED) is 0.649. The van der Waals surface area contributed by atoms with Crippen molar-refractivity contribution in [3.05, 3.63) is 47.5 Å². The van der Waals surface area contributed by atoms with Crippen LogP contribution in [0.5, 0.6) is 17.2 Å². The maximum Gasteiger partial charge on any atom is 0.240 e. The first-order chi connectivity index (χ1) is 13.3. The van der Waals surface area contributed by atoms with Gasteiger partial charge in [-0.1, -0.05) is 26.0 Å². The van der Waals surface area contributed by atoms with E-state index < -0.39 is 10.0 Å². The molecule has 0 fully saturated rings. The maximum atomic E-state index is 12.6. The van der Waals surface area contributed by atoms with Crippen molar-refractivity contribution in [1.82, 2.24) is 4.72 Å². The standard InChI is InChI=1S/C21H29NO5S/c1-6-27-21-19(25-4)12-17(13-20(21)26-5)14-22-28(23,24)18-9-7-16(8-10-18)11-15(2)3/h7-10,12-13,15,22H,6,11,14H2,1-5H3. The summed E-state index contributed by atoms with van der Waals surface area (Å²) in [5.41, 5.74) is 1.83. The van der Waals surface area contributed by atoms with Gasteiger partial charge in [-0.2, -0.15) is 0 Å². The molecule has 0 saturated heterocycles. The third kappa shape index (κ3) is 5.62. The smallest absolute Gasteiger partial charge is 0.240 e. The van der Waals surface area contributed by atoms with E-state index in [1.807, 2.05) is 19.1 Å². The highest BCUT2D eigenvalue weighted by atomic mass is 32.2. The van der Waals surface area contributed by atoms with Crippen LogP contribution in [-0.4, -0.2) is 29.2 Å². The molecule has 6 nitrogen and oxygen atoms in total. The van der Waals surface area contributed by atoms with Crippen LogP contribution in [-0.2, 0) is 23.0 Å². The van der Waals surface area contributed by atoms with Crippen LogP contribution in [0.4, 0.5) is 0 Å². The van der Waals surface area contributed by atoms with Crippen molar-refractivity contribution in [3.8, 4) is 17.2 Å². The first-order valence-electron chi connectivity index (χ1n) is 9.27. The fourth-order valence-corrected chi connectivity index (χ4v) is 3.88. The highest BCUT2D eigenvalue weighted by molar-refractivity contribution is 7.89. The van der Waals surface area contributed by atoms with Gasteiger partial charge in [-0.25, -0.2) is 13.1 Å². The molecule has 154 valence electrons. The summed E-state index contributed by atoms with van der Waals surface area (Å²) in [6, 6.07) is 10.5. The fraction of sp³-hybridized carbons (Fsp3) is 0.429. The van der Waals surface area contributed by atoms with E-state index in [1.165, 1.54) is 14.2 Å². The SMILES string of the molecule is CCOc1c(OC)cc(CNS(=O)(=O)c2ccc(CC(C)C)cc2)cc1OC. The minimum Gasteiger partial charge on any atom is -0.493 e. The van der Waals surface area contributed by atoms with Crippen LogP contribution in [0.15, 0.2) is 41.3 Å². The average molecular weight is 408 g/mol. The summed E-state index contributed by atoms with van der Waals surface area (Å²) in [7, 11) is -0.563. The Kier molecular flexibility index (Phi) is 7.71. The lowest BCUT2D eigenvalue weighted by molar-refractivity contribution is 0.288. The zero-order valence-electron chi connectivity index (χ0n) is 17.1. The molecule has 28 heavy (non-hydrogen) atoms. The van der Waals surface area contributed by atoms with Gasteiger partial charge in [-0.05, 0) is 54.7 Å². The Labute approximate surface area is 167 Å². The van der Waals surface area contributed by atoms with Crippen LogP contribution in [0.3, 0.4) is 0 Å². The van der Waals surface area contributed by atoms with Crippen molar-refractivity contribution < 1.29 is 22.6 Å². The van der Waals surface area contributed by atoms with Crippen LogP contribution < -0.4 is 18.9 Å². The van der Waals surface area contributed by atoms with E-state index >= 15 is 0 Å². The molecule has 0 aliphatic carbocycles. The molecule has 0 heterocycles. The number of benzene rings is 2. The van der Waals surface area contributed by atoms with Gasteiger partial charge in [-0.15, -0.1) is 0 Å². The van der Waals surface area contributed by atoms with Crippen LogP contribution in [0.2, 0.25) is 0 Å². The zero-order valence-corrected chi connectivity index (χ0v) is 17.9. The molecule has 0 spiro atoms. The minimum absolute atomic E-state index is 0.106. The van der Waals surface area contributed by atoms with E-state index in [9.17, 15) is 8.42 Å². The van der Waals surface area contributed by atoms with Crippen molar-refractivity contribution >= 4 is 10.0 Å². The second-order valence-electron chi connectivity index (χ2n) is 6.83. The highest BCUT2D eigenvalue weighted by Gasteiger charge is 2.17. The molecule has 0 aliphatic rings. The van der Waals surface area contributed by atoms with Gasteiger partial charge in [0.2, 0.25) is 15.8 Å². The van der Waals surface area contributed by atoms with Crippen LogP contribution in [0.1, 0.15) is 31.9 Å². The van der Waals surface area contributed by atoms with Gasteiger partial charge in [0, 0.05) is 6.54 Å². The Morgan fingerprint density at radius 1 is 0.964 bits per heavy atom. The average Bonchev–Trinajstić information content (AvgIpc) is 2.67. The summed E-state index contributed by atoms with van der Waals surface area (Å²) >= 11 is 0. The molecule has 2 aromatic carbocycles. The fourth-order valence-electron chi connectivity index (χ4n) is 2.86. The molecule has 0 radical (unpaired) electrons.